The van der Waals surface area contributed by atoms with Crippen molar-refractivity contribution in [3.8, 4) is 0 Å². The van der Waals surface area contributed by atoms with Crippen molar-refractivity contribution in [1.29, 1.82) is 0 Å². The van der Waals surface area contributed by atoms with Crippen LogP contribution in [0.1, 0.15) is 37.9 Å². The van der Waals surface area contributed by atoms with Crippen LogP contribution in [0.4, 0.5) is 21.5 Å². The number of morpholine rings is 2. The summed E-state index contributed by atoms with van der Waals surface area (Å²) in [5.74, 6) is -0.276. The summed E-state index contributed by atoms with van der Waals surface area (Å²) in [6.07, 6.45) is 5.60. The SMILES string of the molecule is CCN(CC)c1ccc2cc(/C=C/c3cc(NCCCN4CCOCC4)c4cc(F)c(NCCCN5CCOCC5)cc4[n+]3C)c(=O)oc2c1. The molecule has 2 N–H and O–H groups in total. The fraction of sp³-hybridized carbons (Fsp3) is 0.487. The Balaban J connectivity index is 1.25. The Labute approximate surface area is 294 Å². The van der Waals surface area contributed by atoms with Crippen LogP contribution in [0.15, 0.2) is 51.7 Å². The molecule has 2 aliphatic heterocycles. The van der Waals surface area contributed by atoms with Gasteiger partial charge in [-0.2, -0.15) is 4.57 Å². The summed E-state index contributed by atoms with van der Waals surface area (Å²) in [6, 6.07) is 13.4. The molecular weight excluding hydrogens is 635 g/mol. The maximum absolute atomic E-state index is 15.6. The van der Waals surface area contributed by atoms with E-state index in [1.807, 2.05) is 48.0 Å². The number of nitrogens with one attached hydrogen (secondary N) is 2. The summed E-state index contributed by atoms with van der Waals surface area (Å²) in [5, 5.41) is 8.61. The van der Waals surface area contributed by atoms with Crippen molar-refractivity contribution in [3.63, 3.8) is 0 Å². The molecule has 0 amide bonds. The second kappa shape index (κ2) is 17.3. The average Bonchev–Trinajstić information content (AvgIpc) is 3.14. The highest BCUT2D eigenvalue weighted by molar-refractivity contribution is 5.92. The fourth-order valence-electron chi connectivity index (χ4n) is 6.85. The largest absolute Gasteiger partial charge is 0.422 e. The second-order valence-electron chi connectivity index (χ2n) is 13.1. The molecule has 10 nitrogen and oxygen atoms in total. The van der Waals surface area contributed by atoms with Gasteiger partial charge in [-0.25, -0.2) is 9.18 Å². The van der Waals surface area contributed by atoms with E-state index in [0.717, 1.165) is 132 Å². The van der Waals surface area contributed by atoms with Crippen molar-refractivity contribution in [2.75, 3.05) is 107 Å². The third-order valence-electron chi connectivity index (χ3n) is 9.87. The molecule has 2 aromatic carbocycles. The number of fused-ring (bicyclic) bond motifs is 2. The smallest absolute Gasteiger partial charge is 0.343 e. The summed E-state index contributed by atoms with van der Waals surface area (Å²) >= 11 is 0. The summed E-state index contributed by atoms with van der Waals surface area (Å²) in [4.78, 5) is 20.2. The lowest BCUT2D eigenvalue weighted by molar-refractivity contribution is -0.646. The van der Waals surface area contributed by atoms with Gasteiger partial charge in [0.15, 0.2) is 0 Å². The molecule has 4 heterocycles. The first-order chi connectivity index (χ1) is 24.4. The predicted octanol–water partition coefficient (Wildman–Crippen LogP) is 5.19. The Kier molecular flexibility index (Phi) is 12.4. The Morgan fingerprint density at radius 3 is 2.12 bits per heavy atom. The van der Waals surface area contributed by atoms with Crippen molar-refractivity contribution in [2.24, 2.45) is 7.05 Å². The number of nitrogens with zero attached hydrogens (tertiary/aromatic N) is 4. The minimum Gasteiger partial charge on any atom is -0.422 e. The number of rotatable bonds is 15. The highest BCUT2D eigenvalue weighted by atomic mass is 19.1. The molecular formula is C39H52FN6O4+. The van der Waals surface area contributed by atoms with Gasteiger partial charge in [0.2, 0.25) is 11.2 Å². The highest BCUT2D eigenvalue weighted by Crippen LogP contribution is 2.29. The van der Waals surface area contributed by atoms with Crippen LogP contribution in [0, 0.1) is 5.82 Å². The van der Waals surface area contributed by atoms with E-state index in [1.54, 1.807) is 12.1 Å². The van der Waals surface area contributed by atoms with Crippen LogP contribution in [0.3, 0.4) is 0 Å². The molecule has 11 heteroatoms. The molecule has 0 saturated carbocycles. The van der Waals surface area contributed by atoms with Gasteiger partial charge in [-0.1, -0.05) is 0 Å². The third-order valence-corrected chi connectivity index (χ3v) is 9.87. The van der Waals surface area contributed by atoms with Gasteiger partial charge in [0.05, 0.1) is 48.8 Å². The maximum atomic E-state index is 15.6. The van der Waals surface area contributed by atoms with E-state index >= 15 is 4.39 Å². The molecule has 0 aliphatic carbocycles. The Hall–Kier alpha value is -4.03. The minimum absolute atomic E-state index is 0.276. The lowest BCUT2D eigenvalue weighted by Gasteiger charge is -2.26. The van der Waals surface area contributed by atoms with Gasteiger partial charge < -0.3 is 29.4 Å². The molecule has 0 bridgehead atoms. The summed E-state index contributed by atoms with van der Waals surface area (Å²) in [7, 11) is 1.97. The first-order valence-corrected chi connectivity index (χ1v) is 18.2. The summed E-state index contributed by atoms with van der Waals surface area (Å²) in [6.45, 7) is 16.2. The number of halogens is 1. The topological polar surface area (TPSA) is 86.3 Å². The lowest BCUT2D eigenvalue weighted by atomic mass is 10.1. The van der Waals surface area contributed by atoms with Gasteiger partial charge >= 0.3 is 5.63 Å². The maximum Gasteiger partial charge on any atom is 0.343 e. The zero-order chi connectivity index (χ0) is 34.9. The average molecular weight is 688 g/mol. The number of benzene rings is 2. The van der Waals surface area contributed by atoms with Gasteiger partial charge in [-0.05, 0) is 70.1 Å². The number of hydrogen-bond donors (Lipinski definition) is 2. The van der Waals surface area contributed by atoms with E-state index in [-0.39, 0.29) is 11.4 Å². The van der Waals surface area contributed by atoms with Gasteiger partial charge in [0.1, 0.15) is 18.4 Å². The van der Waals surface area contributed by atoms with Crippen LogP contribution in [0.2, 0.25) is 0 Å². The molecule has 4 aromatic rings. The molecule has 0 radical (unpaired) electrons. The standard InChI is InChI=1S/C39H51FN6O4/c1-4-46(5-2)32-11-8-29-24-30(39(47)50-38(29)26-32)9-10-31-25-35(41-12-6-14-44-16-20-48-21-17-44)33-27-34(40)36(28-37(33)43(31)3)42-13-7-15-45-18-22-49-23-19-45/h8-11,24-28H,4-7,12-23H2,1-3H3,(H,41,42)/p+1/b10-9+. The van der Waals surface area contributed by atoms with Gasteiger partial charge in [0.25, 0.3) is 0 Å². The highest BCUT2D eigenvalue weighted by Gasteiger charge is 2.19. The van der Waals surface area contributed by atoms with E-state index in [4.69, 9.17) is 13.9 Å². The van der Waals surface area contributed by atoms with Crippen molar-refractivity contribution in [2.45, 2.75) is 26.7 Å². The lowest BCUT2D eigenvalue weighted by Crippen LogP contribution is -2.37. The zero-order valence-electron chi connectivity index (χ0n) is 29.8. The van der Waals surface area contributed by atoms with E-state index in [1.165, 1.54) is 0 Å². The third kappa shape index (κ3) is 8.81. The van der Waals surface area contributed by atoms with E-state index in [9.17, 15) is 4.79 Å². The van der Waals surface area contributed by atoms with Crippen molar-refractivity contribution in [3.05, 3.63) is 70.0 Å². The number of anilines is 3. The van der Waals surface area contributed by atoms with Crippen LogP contribution in [-0.2, 0) is 16.5 Å². The first-order valence-electron chi connectivity index (χ1n) is 18.2. The number of pyridine rings is 1. The van der Waals surface area contributed by atoms with Gasteiger partial charge in [-0.15, -0.1) is 0 Å². The fourth-order valence-corrected chi connectivity index (χ4v) is 6.85. The normalized spacial score (nSPS) is 16.1. The number of ether oxygens (including phenoxy) is 2. The van der Waals surface area contributed by atoms with E-state index in [0.29, 0.717) is 23.4 Å². The molecule has 2 fully saturated rings. The molecule has 0 spiro atoms. The van der Waals surface area contributed by atoms with Crippen LogP contribution in [-0.4, -0.2) is 102 Å². The Bertz CT molecular complexity index is 1830. The van der Waals surface area contributed by atoms with Crippen molar-refractivity contribution >= 4 is 51.1 Å². The molecule has 50 heavy (non-hydrogen) atoms. The Morgan fingerprint density at radius 1 is 0.840 bits per heavy atom. The van der Waals surface area contributed by atoms with Crippen molar-refractivity contribution < 1.29 is 22.8 Å². The molecule has 6 rings (SSSR count). The second-order valence-corrected chi connectivity index (χ2v) is 13.1. The first kappa shape index (κ1) is 35.8. The van der Waals surface area contributed by atoms with Crippen LogP contribution in [0.25, 0.3) is 34.0 Å². The number of hydrogen-bond acceptors (Lipinski definition) is 9. The minimum atomic E-state index is -0.388. The Morgan fingerprint density at radius 2 is 1.48 bits per heavy atom. The molecule has 2 saturated heterocycles. The van der Waals surface area contributed by atoms with Crippen LogP contribution in [0.5, 0.6) is 0 Å². The van der Waals surface area contributed by atoms with E-state index < -0.39 is 0 Å². The molecule has 0 atom stereocenters. The summed E-state index contributed by atoms with van der Waals surface area (Å²) < 4.78 is 34.4. The molecule has 268 valence electrons. The van der Waals surface area contributed by atoms with Crippen molar-refractivity contribution in [1.82, 2.24) is 9.80 Å². The molecule has 0 unspecified atom stereocenters. The number of aromatic nitrogens is 1. The summed E-state index contributed by atoms with van der Waals surface area (Å²) in [5.41, 5.74) is 4.77. The molecule has 2 aliphatic rings. The zero-order valence-corrected chi connectivity index (χ0v) is 29.8. The predicted molar refractivity (Wildman–Crippen MR) is 201 cm³/mol. The van der Waals surface area contributed by atoms with Gasteiger partial charge in [-0.3, -0.25) is 9.80 Å². The quantitative estimate of drug-likeness (QED) is 0.0997. The molecule has 2 aromatic heterocycles. The number of aryl methyl sites for hydroxylation is 1. The monoisotopic (exact) mass is 687 g/mol. The van der Waals surface area contributed by atoms with Crippen LogP contribution < -0.4 is 25.7 Å². The van der Waals surface area contributed by atoms with E-state index in [2.05, 4.69) is 45.2 Å². The van der Waals surface area contributed by atoms with Crippen LogP contribution >= 0.6 is 0 Å². The van der Waals surface area contributed by atoms with Gasteiger partial charge in [0, 0.05) is 87.7 Å².